The van der Waals surface area contributed by atoms with Crippen molar-refractivity contribution in [2.24, 2.45) is 0 Å². The van der Waals surface area contributed by atoms with Gasteiger partial charge in [-0.15, -0.1) is 10.2 Å². The summed E-state index contributed by atoms with van der Waals surface area (Å²) in [5, 5.41) is 21.8. The van der Waals surface area contributed by atoms with Crippen LogP contribution in [-0.4, -0.2) is 30.8 Å². The van der Waals surface area contributed by atoms with Crippen LogP contribution in [0.3, 0.4) is 0 Å². The number of amides is 1. The third-order valence-corrected chi connectivity index (χ3v) is 5.16. The number of non-ortho nitro benzene ring substituents is 1. The number of anilines is 1. The average Bonchev–Trinajstić information content (AvgIpc) is 3.09. The summed E-state index contributed by atoms with van der Waals surface area (Å²) >= 11 is 1.27. The number of carbonyl (C=O) groups is 1. The van der Waals surface area contributed by atoms with Crippen LogP contribution in [0.5, 0.6) is 0 Å². The summed E-state index contributed by atoms with van der Waals surface area (Å²) in [5.74, 6) is -0.277. The molecule has 3 rings (SSSR count). The van der Waals surface area contributed by atoms with Gasteiger partial charge in [0.15, 0.2) is 5.16 Å². The Morgan fingerprint density at radius 3 is 2.75 bits per heavy atom. The predicted molar refractivity (Wildman–Crippen MR) is 108 cm³/mol. The zero-order chi connectivity index (χ0) is 20.3. The van der Waals surface area contributed by atoms with Gasteiger partial charge in [-0.1, -0.05) is 35.5 Å². The number of hydrogen-bond acceptors (Lipinski definition) is 6. The molecule has 1 N–H and O–H groups in total. The van der Waals surface area contributed by atoms with Crippen molar-refractivity contribution in [1.82, 2.24) is 14.8 Å². The summed E-state index contributed by atoms with van der Waals surface area (Å²) < 4.78 is 1.84. The Balaban J connectivity index is 1.74. The lowest BCUT2D eigenvalue weighted by molar-refractivity contribution is -0.384. The van der Waals surface area contributed by atoms with Crippen molar-refractivity contribution < 1.29 is 9.72 Å². The fourth-order valence-electron chi connectivity index (χ4n) is 2.70. The zero-order valence-corrected chi connectivity index (χ0v) is 16.4. The maximum Gasteiger partial charge on any atom is 0.271 e. The molecule has 2 aromatic carbocycles. The lowest BCUT2D eigenvalue weighted by Gasteiger charge is -2.14. The van der Waals surface area contributed by atoms with Crippen LogP contribution >= 0.6 is 11.8 Å². The number of hydrogen-bond donors (Lipinski definition) is 1. The second kappa shape index (κ2) is 8.22. The van der Waals surface area contributed by atoms with E-state index in [2.05, 4.69) is 21.6 Å². The summed E-state index contributed by atoms with van der Waals surface area (Å²) in [5.41, 5.74) is 3.49. The first-order chi connectivity index (χ1) is 13.3. The van der Waals surface area contributed by atoms with E-state index >= 15 is 0 Å². The molecule has 1 aromatic heterocycles. The molecule has 0 radical (unpaired) electrons. The smallest absolute Gasteiger partial charge is 0.271 e. The Bertz CT molecular complexity index is 1030. The number of nitrogens with zero attached hydrogens (tertiary/aromatic N) is 4. The maximum atomic E-state index is 12.5. The summed E-state index contributed by atoms with van der Waals surface area (Å²) in [4.78, 5) is 22.9. The zero-order valence-electron chi connectivity index (χ0n) is 15.6. The average molecular weight is 397 g/mol. The molecule has 0 saturated carbocycles. The Labute approximate surface area is 166 Å². The van der Waals surface area contributed by atoms with Crippen molar-refractivity contribution in [3.05, 3.63) is 70.0 Å². The van der Waals surface area contributed by atoms with Crippen LogP contribution in [0.15, 0.2) is 53.9 Å². The third kappa shape index (κ3) is 4.37. The molecule has 0 saturated heterocycles. The molecular weight excluding hydrogens is 378 g/mol. The summed E-state index contributed by atoms with van der Waals surface area (Å²) in [6, 6.07) is 11.9. The molecule has 3 aromatic rings. The molecule has 28 heavy (non-hydrogen) atoms. The molecule has 0 aliphatic heterocycles. The molecule has 9 heteroatoms. The molecule has 1 unspecified atom stereocenters. The Morgan fingerprint density at radius 1 is 1.25 bits per heavy atom. The second-order valence-corrected chi connectivity index (χ2v) is 7.64. The fraction of sp³-hybridized carbons (Fsp3) is 0.211. The lowest BCUT2D eigenvalue weighted by Crippen LogP contribution is -2.22. The topological polar surface area (TPSA) is 103 Å². The number of thioether (sulfide) groups is 1. The first-order valence-electron chi connectivity index (χ1n) is 8.55. The van der Waals surface area contributed by atoms with Crippen molar-refractivity contribution in [2.45, 2.75) is 31.2 Å². The van der Waals surface area contributed by atoms with E-state index in [1.807, 2.05) is 30.5 Å². The number of nitro benzene ring substituents is 1. The van der Waals surface area contributed by atoms with Crippen LogP contribution in [0.2, 0.25) is 0 Å². The van der Waals surface area contributed by atoms with Crippen LogP contribution in [0, 0.1) is 24.0 Å². The van der Waals surface area contributed by atoms with Gasteiger partial charge in [0.2, 0.25) is 5.91 Å². The van der Waals surface area contributed by atoms with E-state index in [0.717, 1.165) is 16.8 Å². The van der Waals surface area contributed by atoms with Crippen molar-refractivity contribution in [3.63, 3.8) is 0 Å². The van der Waals surface area contributed by atoms with Gasteiger partial charge >= 0.3 is 0 Å². The molecule has 1 amide bonds. The van der Waals surface area contributed by atoms with Gasteiger partial charge in [0.05, 0.1) is 15.9 Å². The largest absolute Gasteiger partial charge is 0.325 e. The second-order valence-electron chi connectivity index (χ2n) is 6.33. The first-order valence-corrected chi connectivity index (χ1v) is 9.43. The van der Waals surface area contributed by atoms with E-state index in [4.69, 9.17) is 0 Å². The minimum atomic E-state index is -0.500. The Hall–Kier alpha value is -3.20. The van der Waals surface area contributed by atoms with Crippen LogP contribution < -0.4 is 5.32 Å². The molecule has 0 aliphatic rings. The van der Waals surface area contributed by atoms with E-state index in [1.165, 1.54) is 30.0 Å². The molecule has 0 bridgehead atoms. The van der Waals surface area contributed by atoms with Crippen molar-refractivity contribution in [3.8, 4) is 5.69 Å². The van der Waals surface area contributed by atoms with Gasteiger partial charge in [-0.05, 0) is 38.5 Å². The maximum absolute atomic E-state index is 12.5. The van der Waals surface area contributed by atoms with Crippen LogP contribution in [0.1, 0.15) is 18.1 Å². The molecule has 1 heterocycles. The minimum Gasteiger partial charge on any atom is -0.325 e. The number of benzene rings is 2. The summed E-state index contributed by atoms with van der Waals surface area (Å²) in [6.07, 6.45) is 1.62. The number of aryl methyl sites for hydroxylation is 2. The monoisotopic (exact) mass is 397 g/mol. The van der Waals surface area contributed by atoms with Gasteiger partial charge in [-0.25, -0.2) is 0 Å². The molecule has 0 aliphatic carbocycles. The van der Waals surface area contributed by atoms with Crippen molar-refractivity contribution >= 4 is 29.0 Å². The van der Waals surface area contributed by atoms with Gasteiger partial charge in [-0.3, -0.25) is 19.5 Å². The molecule has 0 spiro atoms. The highest BCUT2D eigenvalue weighted by atomic mass is 32.2. The SMILES string of the molecule is Cc1ccc(-n2cnnc2SC(C)C(=O)Nc2cccc([N+](=O)[O-])c2)c(C)c1. The summed E-state index contributed by atoms with van der Waals surface area (Å²) in [7, 11) is 0. The highest BCUT2D eigenvalue weighted by molar-refractivity contribution is 8.00. The van der Waals surface area contributed by atoms with E-state index in [-0.39, 0.29) is 11.6 Å². The van der Waals surface area contributed by atoms with Gasteiger partial charge in [0.25, 0.3) is 5.69 Å². The number of nitrogens with one attached hydrogen (secondary N) is 1. The van der Waals surface area contributed by atoms with E-state index in [1.54, 1.807) is 19.3 Å². The van der Waals surface area contributed by atoms with Gasteiger partial charge in [0.1, 0.15) is 6.33 Å². The highest BCUT2D eigenvalue weighted by Gasteiger charge is 2.20. The van der Waals surface area contributed by atoms with E-state index in [9.17, 15) is 14.9 Å². The normalized spacial score (nSPS) is 11.8. The molecule has 8 nitrogen and oxygen atoms in total. The van der Waals surface area contributed by atoms with Gasteiger partial charge in [0, 0.05) is 17.8 Å². The van der Waals surface area contributed by atoms with Gasteiger partial charge < -0.3 is 5.32 Å². The predicted octanol–water partition coefficient (Wildman–Crippen LogP) is 3.91. The summed E-state index contributed by atoms with van der Waals surface area (Å²) in [6.45, 7) is 5.78. The first kappa shape index (κ1) is 19.6. The van der Waals surface area contributed by atoms with Crippen molar-refractivity contribution in [1.29, 1.82) is 0 Å². The number of rotatable bonds is 6. The van der Waals surface area contributed by atoms with Crippen molar-refractivity contribution in [2.75, 3.05) is 5.32 Å². The van der Waals surface area contributed by atoms with Crippen LogP contribution in [0.4, 0.5) is 11.4 Å². The quantitative estimate of drug-likeness (QED) is 0.384. The molecule has 1 atom stereocenters. The minimum absolute atomic E-state index is 0.0762. The molecular formula is C19H19N5O3S. The standard InChI is InChI=1S/C19H19N5O3S/c1-12-7-8-17(13(2)9-12)23-11-20-22-19(23)28-14(3)18(25)21-15-5-4-6-16(10-15)24(26)27/h4-11,14H,1-3H3,(H,21,25). The number of aromatic nitrogens is 3. The highest BCUT2D eigenvalue weighted by Crippen LogP contribution is 2.27. The molecule has 0 fully saturated rings. The Kier molecular flexibility index (Phi) is 5.74. The van der Waals surface area contributed by atoms with Gasteiger partial charge in [-0.2, -0.15) is 0 Å². The van der Waals surface area contributed by atoms with E-state index in [0.29, 0.717) is 10.8 Å². The molecule has 144 valence electrons. The fourth-order valence-corrected chi connectivity index (χ4v) is 3.53. The number of nitro groups is 1. The third-order valence-electron chi connectivity index (χ3n) is 4.10. The number of carbonyl (C=O) groups excluding carboxylic acids is 1. The van der Waals surface area contributed by atoms with E-state index < -0.39 is 10.2 Å². The van der Waals surface area contributed by atoms with Crippen LogP contribution in [-0.2, 0) is 4.79 Å². The van der Waals surface area contributed by atoms with Crippen LogP contribution in [0.25, 0.3) is 5.69 Å². The Morgan fingerprint density at radius 2 is 2.04 bits per heavy atom. The lowest BCUT2D eigenvalue weighted by atomic mass is 10.1.